The Morgan fingerprint density at radius 2 is 1.50 bits per heavy atom. The van der Waals surface area contributed by atoms with E-state index in [0.29, 0.717) is 24.4 Å². The van der Waals surface area contributed by atoms with Crippen molar-refractivity contribution in [2.24, 2.45) is 0 Å². The minimum absolute atomic E-state index is 0.0494. The minimum Gasteiger partial charge on any atom is -0.484 e. The third-order valence-corrected chi connectivity index (χ3v) is 3.86. The summed E-state index contributed by atoms with van der Waals surface area (Å²) < 4.78 is 5.35. The third-order valence-electron chi connectivity index (χ3n) is 3.86. The molecule has 5 heteroatoms. The van der Waals surface area contributed by atoms with Gasteiger partial charge in [0.25, 0.3) is 11.8 Å². The van der Waals surface area contributed by atoms with E-state index in [2.05, 4.69) is 31.4 Å². The van der Waals surface area contributed by atoms with Gasteiger partial charge in [-0.05, 0) is 35.2 Å². The normalized spacial score (nSPS) is 10.9. The van der Waals surface area contributed by atoms with E-state index in [1.165, 1.54) is 5.56 Å². The maximum absolute atomic E-state index is 12.1. The Hall–Kier alpha value is -2.82. The van der Waals surface area contributed by atoms with Crippen LogP contribution >= 0.6 is 0 Å². The van der Waals surface area contributed by atoms with Crippen LogP contribution in [0, 0.1) is 0 Å². The van der Waals surface area contributed by atoms with Crippen molar-refractivity contribution in [2.75, 3.05) is 19.7 Å². The molecule has 0 aromatic heterocycles. The van der Waals surface area contributed by atoms with Crippen LogP contribution in [0.3, 0.4) is 0 Å². The van der Waals surface area contributed by atoms with Gasteiger partial charge in [0.1, 0.15) is 5.75 Å². The van der Waals surface area contributed by atoms with Crippen LogP contribution < -0.4 is 15.4 Å². The smallest absolute Gasteiger partial charge is 0.258 e. The van der Waals surface area contributed by atoms with Crippen molar-refractivity contribution < 1.29 is 14.3 Å². The summed E-state index contributed by atoms with van der Waals surface area (Å²) in [5.74, 6) is 0.271. The van der Waals surface area contributed by atoms with Crippen LogP contribution in [0.2, 0.25) is 0 Å². The molecule has 5 nitrogen and oxygen atoms in total. The van der Waals surface area contributed by atoms with Crippen LogP contribution in [0.5, 0.6) is 5.75 Å². The molecule has 0 spiro atoms. The monoisotopic (exact) mass is 354 g/mol. The van der Waals surface area contributed by atoms with E-state index in [-0.39, 0.29) is 23.8 Å². The molecule has 0 unspecified atom stereocenters. The number of rotatable bonds is 7. The van der Waals surface area contributed by atoms with Crippen molar-refractivity contribution in [3.63, 3.8) is 0 Å². The molecule has 0 aliphatic heterocycles. The zero-order chi connectivity index (χ0) is 19.0. The molecule has 26 heavy (non-hydrogen) atoms. The van der Waals surface area contributed by atoms with Gasteiger partial charge in [-0.1, -0.05) is 51.1 Å². The Morgan fingerprint density at radius 1 is 0.885 bits per heavy atom. The quantitative estimate of drug-likeness (QED) is 0.751. The maximum atomic E-state index is 12.1. The van der Waals surface area contributed by atoms with Crippen molar-refractivity contribution >= 4 is 11.8 Å². The topological polar surface area (TPSA) is 67.4 Å². The number of hydrogen-bond donors (Lipinski definition) is 2. The van der Waals surface area contributed by atoms with Gasteiger partial charge in [0.15, 0.2) is 6.61 Å². The lowest BCUT2D eigenvalue weighted by atomic mass is 9.87. The number of carbonyl (C=O) groups is 2. The molecule has 0 atom stereocenters. The Kier molecular flexibility index (Phi) is 6.78. The first-order chi connectivity index (χ1) is 12.4. The standard InChI is InChI=1S/C21H26N2O3/c1-21(2,3)17-11-9-16(10-12-17)20(25)23-14-13-22-19(24)15-26-18-7-5-4-6-8-18/h4-12H,13-15H2,1-3H3,(H,22,24)(H,23,25). The summed E-state index contributed by atoms with van der Waals surface area (Å²) in [5, 5.41) is 5.50. The highest BCUT2D eigenvalue weighted by atomic mass is 16.5. The Bertz CT molecular complexity index is 719. The van der Waals surface area contributed by atoms with Crippen molar-refractivity contribution in [1.82, 2.24) is 10.6 Å². The number of amides is 2. The van der Waals surface area contributed by atoms with Crippen LogP contribution in [-0.4, -0.2) is 31.5 Å². The summed E-state index contributed by atoms with van der Waals surface area (Å²) in [6.07, 6.45) is 0. The van der Waals surface area contributed by atoms with Crippen molar-refractivity contribution in [1.29, 1.82) is 0 Å². The van der Waals surface area contributed by atoms with E-state index in [1.807, 2.05) is 42.5 Å². The van der Waals surface area contributed by atoms with Crippen LogP contribution in [0.1, 0.15) is 36.7 Å². The first-order valence-electron chi connectivity index (χ1n) is 8.69. The van der Waals surface area contributed by atoms with Gasteiger partial charge in [-0.15, -0.1) is 0 Å². The second kappa shape index (κ2) is 9.04. The van der Waals surface area contributed by atoms with E-state index in [4.69, 9.17) is 4.74 Å². The molecular weight excluding hydrogens is 328 g/mol. The first-order valence-corrected chi connectivity index (χ1v) is 8.69. The number of hydrogen-bond acceptors (Lipinski definition) is 3. The van der Waals surface area contributed by atoms with E-state index in [0.717, 1.165) is 0 Å². The largest absolute Gasteiger partial charge is 0.484 e. The second-order valence-electron chi connectivity index (χ2n) is 7.03. The van der Waals surface area contributed by atoms with Gasteiger partial charge >= 0.3 is 0 Å². The maximum Gasteiger partial charge on any atom is 0.258 e. The SMILES string of the molecule is CC(C)(C)c1ccc(C(=O)NCCNC(=O)COc2ccccc2)cc1. The lowest BCUT2D eigenvalue weighted by molar-refractivity contribution is -0.123. The predicted molar refractivity (Wildman–Crippen MR) is 102 cm³/mol. The molecule has 2 amide bonds. The second-order valence-corrected chi connectivity index (χ2v) is 7.03. The van der Waals surface area contributed by atoms with E-state index < -0.39 is 0 Å². The third kappa shape index (κ3) is 6.24. The molecule has 0 radical (unpaired) electrons. The van der Waals surface area contributed by atoms with E-state index in [9.17, 15) is 9.59 Å². The number of benzene rings is 2. The molecule has 0 saturated carbocycles. The molecule has 0 fully saturated rings. The fourth-order valence-corrected chi connectivity index (χ4v) is 2.32. The molecule has 0 aliphatic carbocycles. The summed E-state index contributed by atoms with van der Waals surface area (Å²) in [7, 11) is 0. The highest BCUT2D eigenvalue weighted by Crippen LogP contribution is 2.22. The Morgan fingerprint density at radius 3 is 2.12 bits per heavy atom. The van der Waals surface area contributed by atoms with E-state index >= 15 is 0 Å². The molecule has 0 aliphatic rings. The van der Waals surface area contributed by atoms with Gasteiger partial charge in [-0.3, -0.25) is 9.59 Å². The van der Waals surface area contributed by atoms with Crippen LogP contribution in [0.25, 0.3) is 0 Å². The minimum atomic E-state index is -0.224. The zero-order valence-corrected chi connectivity index (χ0v) is 15.5. The Balaban J connectivity index is 1.67. The van der Waals surface area contributed by atoms with Crippen molar-refractivity contribution in [3.8, 4) is 5.75 Å². The summed E-state index contributed by atoms with van der Waals surface area (Å²) in [4.78, 5) is 23.8. The Labute approximate surface area is 154 Å². The van der Waals surface area contributed by atoms with Gasteiger partial charge < -0.3 is 15.4 Å². The number of nitrogens with one attached hydrogen (secondary N) is 2. The van der Waals surface area contributed by atoms with Crippen LogP contribution in [0.4, 0.5) is 0 Å². The zero-order valence-electron chi connectivity index (χ0n) is 15.5. The lowest BCUT2D eigenvalue weighted by Gasteiger charge is -2.19. The van der Waals surface area contributed by atoms with Gasteiger partial charge in [-0.2, -0.15) is 0 Å². The summed E-state index contributed by atoms with van der Waals surface area (Å²) in [5.41, 5.74) is 1.85. The van der Waals surface area contributed by atoms with Gasteiger partial charge in [0.2, 0.25) is 0 Å². The van der Waals surface area contributed by atoms with Crippen molar-refractivity contribution in [3.05, 3.63) is 65.7 Å². The van der Waals surface area contributed by atoms with E-state index in [1.54, 1.807) is 12.1 Å². The molecule has 2 N–H and O–H groups in total. The average molecular weight is 354 g/mol. The molecule has 0 bridgehead atoms. The molecule has 2 aromatic carbocycles. The molecule has 0 heterocycles. The fourth-order valence-electron chi connectivity index (χ4n) is 2.32. The molecular formula is C21H26N2O3. The van der Waals surface area contributed by atoms with Crippen molar-refractivity contribution in [2.45, 2.75) is 26.2 Å². The molecule has 138 valence electrons. The predicted octanol–water partition coefficient (Wildman–Crippen LogP) is 2.91. The van der Waals surface area contributed by atoms with Gasteiger partial charge in [0, 0.05) is 18.7 Å². The number of carbonyl (C=O) groups excluding carboxylic acids is 2. The first kappa shape index (κ1) is 19.5. The number of ether oxygens (including phenoxy) is 1. The molecule has 2 aromatic rings. The fraction of sp³-hybridized carbons (Fsp3) is 0.333. The summed E-state index contributed by atoms with van der Waals surface area (Å²) >= 11 is 0. The van der Waals surface area contributed by atoms with Gasteiger partial charge in [0.05, 0.1) is 0 Å². The number of para-hydroxylation sites is 1. The summed E-state index contributed by atoms with van der Waals surface area (Å²) in [6.45, 7) is 7.05. The van der Waals surface area contributed by atoms with Crippen LogP contribution in [-0.2, 0) is 10.2 Å². The summed E-state index contributed by atoms with van der Waals surface area (Å²) in [6, 6.07) is 16.7. The average Bonchev–Trinajstić information content (AvgIpc) is 2.63. The van der Waals surface area contributed by atoms with Crippen LogP contribution in [0.15, 0.2) is 54.6 Å². The van der Waals surface area contributed by atoms with Gasteiger partial charge in [-0.25, -0.2) is 0 Å². The molecule has 2 rings (SSSR count). The molecule has 0 saturated heterocycles. The highest BCUT2D eigenvalue weighted by molar-refractivity contribution is 5.94. The highest BCUT2D eigenvalue weighted by Gasteiger charge is 2.14. The lowest BCUT2D eigenvalue weighted by Crippen LogP contribution is -2.36.